The van der Waals surface area contributed by atoms with Crippen LogP contribution < -0.4 is 5.11 Å². The van der Waals surface area contributed by atoms with Gasteiger partial charge in [0, 0.05) is 21.4 Å². The van der Waals surface area contributed by atoms with Gasteiger partial charge in [-0.2, -0.15) is 0 Å². The van der Waals surface area contributed by atoms with Gasteiger partial charge in [-0.1, -0.05) is 87.8 Å². The first-order valence-corrected chi connectivity index (χ1v) is 15.9. The molecule has 0 saturated heterocycles. The number of rotatable bonds is 4. The molecule has 0 atom stereocenters. The zero-order valence-electron chi connectivity index (χ0n) is 20.2. The van der Waals surface area contributed by atoms with Crippen LogP contribution >= 0.6 is 69.6 Å². The molecule has 4 saturated carbocycles. The molecule has 4 bridgehead atoms. The Kier molecular flexibility index (Phi) is 8.78. The van der Waals surface area contributed by atoms with Gasteiger partial charge in [-0.25, -0.2) is 0 Å². The molecular formula is C29H24Cl6O2S. The number of carboxylic acids is 1. The fourth-order valence-corrected chi connectivity index (χ4v) is 11.4. The van der Waals surface area contributed by atoms with Crippen LogP contribution in [0.15, 0.2) is 69.3 Å². The van der Waals surface area contributed by atoms with E-state index in [0.717, 1.165) is 24.2 Å². The van der Waals surface area contributed by atoms with Crippen LogP contribution in [0.5, 0.6) is 0 Å². The van der Waals surface area contributed by atoms with E-state index in [4.69, 9.17) is 69.6 Å². The molecule has 4 aliphatic rings. The van der Waals surface area contributed by atoms with Crippen molar-refractivity contribution in [3.63, 3.8) is 0 Å². The Morgan fingerprint density at radius 2 is 1.05 bits per heavy atom. The maximum absolute atomic E-state index is 11.1. The average molecular weight is 649 g/mol. The van der Waals surface area contributed by atoms with Gasteiger partial charge in [-0.3, -0.25) is 0 Å². The molecule has 4 aliphatic carbocycles. The number of hydrogen-bond acceptors (Lipinski definition) is 2. The minimum Gasteiger partial charge on any atom is -0.550 e. The fourth-order valence-electron chi connectivity index (χ4n) is 6.70. The summed E-state index contributed by atoms with van der Waals surface area (Å²) in [7, 11) is -0.723. The van der Waals surface area contributed by atoms with Crippen LogP contribution in [0, 0.1) is 23.2 Å². The molecule has 0 radical (unpaired) electrons. The first-order valence-electron chi connectivity index (χ1n) is 12.4. The maximum atomic E-state index is 11.1. The van der Waals surface area contributed by atoms with E-state index in [1.807, 2.05) is 30.3 Å². The Morgan fingerprint density at radius 3 is 1.39 bits per heavy atom. The quantitative estimate of drug-likeness (QED) is 0.264. The van der Waals surface area contributed by atoms with E-state index >= 15 is 0 Å². The molecule has 4 fully saturated rings. The van der Waals surface area contributed by atoms with Crippen molar-refractivity contribution in [1.29, 1.82) is 0 Å². The van der Waals surface area contributed by atoms with E-state index in [2.05, 4.69) is 0 Å². The zero-order chi connectivity index (χ0) is 27.2. The molecule has 9 heteroatoms. The second-order valence-corrected chi connectivity index (χ2v) is 14.9. The summed E-state index contributed by atoms with van der Waals surface area (Å²) in [4.78, 5) is 13.5. The van der Waals surface area contributed by atoms with E-state index in [1.165, 1.54) is 19.3 Å². The predicted octanol–water partition coefficient (Wildman–Crippen LogP) is 9.66. The lowest BCUT2D eigenvalue weighted by Crippen LogP contribution is -2.54. The third kappa shape index (κ3) is 5.81. The van der Waals surface area contributed by atoms with Crippen LogP contribution in [0.3, 0.4) is 0 Å². The molecule has 3 aromatic rings. The Labute approximate surface area is 255 Å². The van der Waals surface area contributed by atoms with Gasteiger partial charge < -0.3 is 9.90 Å². The standard InChI is InChI=1S/C18H9Cl6S.C11H16O2/c19-10-6-13(21)17(14(22)7-10)25(12-4-2-1-3-5-12)18-15(23)8-11(20)9-16(18)24;12-10(13)11-4-7-1-8(5-11)3-9(2-7)6-11/h1-9H;7-9H,1-6H2,(H,12,13)/q+1;/p-1. The van der Waals surface area contributed by atoms with Crippen LogP contribution in [-0.2, 0) is 15.7 Å². The third-order valence-corrected chi connectivity index (χ3v) is 12.3. The largest absolute Gasteiger partial charge is 0.550 e. The van der Waals surface area contributed by atoms with Gasteiger partial charge in [-0.05, 0) is 92.7 Å². The van der Waals surface area contributed by atoms with E-state index in [0.29, 0.717) is 57.7 Å². The van der Waals surface area contributed by atoms with E-state index < -0.39 is 22.3 Å². The minimum atomic E-state index is -0.758. The van der Waals surface area contributed by atoms with Crippen LogP contribution in [0.1, 0.15) is 38.5 Å². The summed E-state index contributed by atoms with van der Waals surface area (Å²) in [6.07, 6.45) is 6.65. The number of carbonyl (C=O) groups excluding carboxylic acids is 1. The summed E-state index contributed by atoms with van der Waals surface area (Å²) in [6, 6.07) is 16.4. The summed E-state index contributed by atoms with van der Waals surface area (Å²) in [5.74, 6) is 1.38. The van der Waals surface area contributed by atoms with Crippen LogP contribution in [0.2, 0.25) is 30.1 Å². The lowest BCUT2D eigenvalue weighted by Gasteiger charge is -2.57. The molecule has 0 heterocycles. The SMILES string of the molecule is Clc1cc(Cl)c([S+](c2ccccc2)c2c(Cl)cc(Cl)cc2Cl)c(Cl)c1.O=C([O-])C12CC3CC(CC(C3)C1)C2. The van der Waals surface area contributed by atoms with Gasteiger partial charge >= 0.3 is 0 Å². The number of hydrogen-bond donors (Lipinski definition) is 0. The zero-order valence-corrected chi connectivity index (χ0v) is 25.5. The molecule has 0 N–H and O–H groups in total. The topological polar surface area (TPSA) is 40.1 Å². The second-order valence-electron chi connectivity index (χ2n) is 10.5. The summed E-state index contributed by atoms with van der Waals surface area (Å²) >= 11 is 38.1. The Hall–Kier alpha value is -0.780. The predicted molar refractivity (Wildman–Crippen MR) is 157 cm³/mol. The Balaban J connectivity index is 0.000000187. The van der Waals surface area contributed by atoms with Crippen molar-refractivity contribution in [2.45, 2.75) is 53.2 Å². The van der Waals surface area contributed by atoms with Crippen LogP contribution in [-0.4, -0.2) is 5.97 Å². The van der Waals surface area contributed by atoms with Crippen molar-refractivity contribution in [3.8, 4) is 0 Å². The molecule has 0 aromatic heterocycles. The highest BCUT2D eigenvalue weighted by molar-refractivity contribution is 7.97. The van der Waals surface area contributed by atoms with Crippen molar-refractivity contribution < 1.29 is 9.90 Å². The highest BCUT2D eigenvalue weighted by Gasteiger charge is 2.51. The van der Waals surface area contributed by atoms with Gasteiger partial charge in [0.05, 0.1) is 20.1 Å². The average Bonchev–Trinajstić information content (AvgIpc) is 2.82. The van der Waals surface area contributed by atoms with Crippen molar-refractivity contribution in [2.24, 2.45) is 23.2 Å². The molecule has 0 spiro atoms. The molecule has 0 unspecified atom stereocenters. The fraction of sp³-hybridized carbons (Fsp3) is 0.345. The van der Waals surface area contributed by atoms with Gasteiger partial charge in [0.2, 0.25) is 9.79 Å². The minimum absolute atomic E-state index is 0.394. The number of aliphatic carboxylic acids is 1. The Bertz CT molecular complexity index is 1220. The molecular weight excluding hydrogens is 625 g/mol. The molecule has 3 aromatic carbocycles. The third-order valence-electron chi connectivity index (χ3n) is 7.78. The van der Waals surface area contributed by atoms with E-state index in [-0.39, 0.29) is 0 Å². The van der Waals surface area contributed by atoms with Gasteiger partial charge in [-0.15, -0.1) is 0 Å². The normalized spacial score (nSPS) is 25.3. The molecule has 2 nitrogen and oxygen atoms in total. The van der Waals surface area contributed by atoms with Gasteiger partial charge in [0.1, 0.15) is 10.9 Å². The molecule has 7 rings (SSSR count). The van der Waals surface area contributed by atoms with Crippen molar-refractivity contribution in [1.82, 2.24) is 0 Å². The number of halogens is 6. The summed E-state index contributed by atoms with van der Waals surface area (Å²) in [5, 5.41) is 13.9. The summed E-state index contributed by atoms with van der Waals surface area (Å²) in [6.45, 7) is 0. The first-order chi connectivity index (χ1) is 18.1. The van der Waals surface area contributed by atoms with Crippen molar-refractivity contribution in [2.75, 3.05) is 0 Å². The number of carboxylic acid groups (broad SMARTS) is 1. The highest BCUT2D eigenvalue weighted by Crippen LogP contribution is 2.59. The van der Waals surface area contributed by atoms with Crippen LogP contribution in [0.4, 0.5) is 0 Å². The van der Waals surface area contributed by atoms with E-state index in [9.17, 15) is 9.90 Å². The summed E-state index contributed by atoms with van der Waals surface area (Å²) in [5.41, 5.74) is -0.394. The summed E-state index contributed by atoms with van der Waals surface area (Å²) < 4.78 is 0. The molecule has 38 heavy (non-hydrogen) atoms. The molecule has 200 valence electrons. The lowest BCUT2D eigenvalue weighted by atomic mass is 9.49. The smallest absolute Gasteiger partial charge is 0.203 e. The van der Waals surface area contributed by atoms with Crippen molar-refractivity contribution >= 4 is 86.5 Å². The van der Waals surface area contributed by atoms with Gasteiger partial charge in [0.25, 0.3) is 0 Å². The second kappa shape index (κ2) is 11.6. The van der Waals surface area contributed by atoms with Gasteiger partial charge in [0.15, 0.2) is 4.90 Å². The number of carbonyl (C=O) groups is 1. The molecule has 0 aliphatic heterocycles. The maximum Gasteiger partial charge on any atom is 0.203 e. The molecule has 0 amide bonds. The van der Waals surface area contributed by atoms with Crippen molar-refractivity contribution in [3.05, 3.63) is 84.7 Å². The monoisotopic (exact) mass is 646 g/mol. The first kappa shape index (κ1) is 28.7. The highest BCUT2D eigenvalue weighted by atomic mass is 35.5. The van der Waals surface area contributed by atoms with E-state index in [1.54, 1.807) is 24.3 Å². The number of benzene rings is 3. The van der Waals surface area contributed by atoms with Crippen LogP contribution in [0.25, 0.3) is 0 Å². The Morgan fingerprint density at radius 1 is 0.684 bits per heavy atom. The lowest BCUT2D eigenvalue weighted by molar-refractivity contribution is -0.327.